The number of nitrogens with one attached hydrogen (secondary N) is 1. The first-order valence-corrected chi connectivity index (χ1v) is 4.35. The van der Waals surface area contributed by atoms with E-state index in [0.717, 1.165) is 0 Å². The Morgan fingerprint density at radius 1 is 1.50 bits per heavy atom. The number of rotatable bonds is 4. The first-order valence-electron chi connectivity index (χ1n) is 4.35. The molecule has 1 aromatic heterocycles. The lowest BCUT2D eigenvalue weighted by Crippen LogP contribution is -2.24. The summed E-state index contributed by atoms with van der Waals surface area (Å²) in [6, 6.07) is 7.51. The Labute approximate surface area is 82.8 Å². The molecule has 4 nitrogen and oxygen atoms in total. The SMILES string of the molecule is CC(CC#N)NCc1ccc(C#N)o1. The van der Waals surface area contributed by atoms with Crippen LogP contribution in [0.15, 0.2) is 16.5 Å². The number of nitrogens with zero attached hydrogens (tertiary/aromatic N) is 2. The van der Waals surface area contributed by atoms with Crippen molar-refractivity contribution in [3.05, 3.63) is 23.7 Å². The fourth-order valence-corrected chi connectivity index (χ4v) is 1.02. The van der Waals surface area contributed by atoms with Crippen molar-refractivity contribution in [2.24, 2.45) is 0 Å². The van der Waals surface area contributed by atoms with Crippen molar-refractivity contribution in [3.63, 3.8) is 0 Å². The summed E-state index contributed by atoms with van der Waals surface area (Å²) in [5.41, 5.74) is 0. The molecule has 1 N–H and O–H groups in total. The lowest BCUT2D eigenvalue weighted by Gasteiger charge is -2.07. The first-order chi connectivity index (χ1) is 6.76. The normalized spacial score (nSPS) is 11.6. The van der Waals surface area contributed by atoms with E-state index in [0.29, 0.717) is 24.5 Å². The number of hydrogen-bond acceptors (Lipinski definition) is 4. The molecular formula is C10H11N3O. The fourth-order valence-electron chi connectivity index (χ4n) is 1.02. The third kappa shape index (κ3) is 2.93. The van der Waals surface area contributed by atoms with E-state index in [1.54, 1.807) is 12.1 Å². The van der Waals surface area contributed by atoms with Crippen LogP contribution in [0.1, 0.15) is 24.9 Å². The molecule has 0 saturated heterocycles. The predicted molar refractivity (Wildman–Crippen MR) is 50.0 cm³/mol. The predicted octanol–water partition coefficient (Wildman–Crippen LogP) is 1.54. The molecule has 0 aliphatic heterocycles. The second-order valence-corrected chi connectivity index (χ2v) is 3.02. The maximum Gasteiger partial charge on any atom is 0.203 e. The van der Waals surface area contributed by atoms with Gasteiger partial charge in [0, 0.05) is 6.04 Å². The van der Waals surface area contributed by atoms with Crippen molar-refractivity contribution in [1.29, 1.82) is 10.5 Å². The molecule has 0 spiro atoms. The highest BCUT2D eigenvalue weighted by Gasteiger charge is 2.03. The molecular weight excluding hydrogens is 178 g/mol. The van der Waals surface area contributed by atoms with Gasteiger partial charge in [0.25, 0.3) is 0 Å². The van der Waals surface area contributed by atoms with Crippen molar-refractivity contribution in [2.75, 3.05) is 0 Å². The molecule has 1 unspecified atom stereocenters. The summed E-state index contributed by atoms with van der Waals surface area (Å²) in [7, 11) is 0. The Hall–Kier alpha value is -1.78. The lowest BCUT2D eigenvalue weighted by atomic mass is 10.2. The van der Waals surface area contributed by atoms with Crippen LogP contribution in [0.2, 0.25) is 0 Å². The Balaban J connectivity index is 2.39. The van der Waals surface area contributed by atoms with Crippen LogP contribution in [0.25, 0.3) is 0 Å². The molecule has 1 heterocycles. The molecule has 1 atom stereocenters. The summed E-state index contributed by atoms with van der Waals surface area (Å²) >= 11 is 0. The van der Waals surface area contributed by atoms with Crippen LogP contribution in [-0.4, -0.2) is 6.04 Å². The number of nitriles is 2. The van der Waals surface area contributed by atoms with Crippen molar-refractivity contribution < 1.29 is 4.42 Å². The Morgan fingerprint density at radius 3 is 2.86 bits per heavy atom. The maximum absolute atomic E-state index is 8.51. The van der Waals surface area contributed by atoms with Crippen LogP contribution >= 0.6 is 0 Å². The third-order valence-electron chi connectivity index (χ3n) is 1.79. The van der Waals surface area contributed by atoms with Crippen LogP contribution in [0, 0.1) is 22.7 Å². The topological polar surface area (TPSA) is 72.8 Å². The van der Waals surface area contributed by atoms with Gasteiger partial charge in [-0.25, -0.2) is 0 Å². The smallest absolute Gasteiger partial charge is 0.203 e. The van der Waals surface area contributed by atoms with E-state index < -0.39 is 0 Å². The van der Waals surface area contributed by atoms with Gasteiger partial charge < -0.3 is 9.73 Å². The molecule has 0 radical (unpaired) electrons. The molecule has 14 heavy (non-hydrogen) atoms. The zero-order valence-corrected chi connectivity index (χ0v) is 7.95. The van der Waals surface area contributed by atoms with Crippen molar-refractivity contribution in [1.82, 2.24) is 5.32 Å². The van der Waals surface area contributed by atoms with Gasteiger partial charge in [-0.15, -0.1) is 0 Å². The molecule has 0 bridgehead atoms. The van der Waals surface area contributed by atoms with Gasteiger partial charge in [-0.2, -0.15) is 10.5 Å². The van der Waals surface area contributed by atoms with Crippen LogP contribution in [-0.2, 0) is 6.54 Å². The highest BCUT2D eigenvalue weighted by molar-refractivity contribution is 5.18. The van der Waals surface area contributed by atoms with E-state index >= 15 is 0 Å². The van der Waals surface area contributed by atoms with Crippen molar-refractivity contribution >= 4 is 0 Å². The largest absolute Gasteiger partial charge is 0.449 e. The second kappa shape index (κ2) is 5.06. The van der Waals surface area contributed by atoms with Gasteiger partial charge in [0.15, 0.2) is 0 Å². The van der Waals surface area contributed by atoms with E-state index in [2.05, 4.69) is 11.4 Å². The quantitative estimate of drug-likeness (QED) is 0.779. The Kier molecular flexibility index (Phi) is 3.72. The minimum Gasteiger partial charge on any atom is -0.449 e. The fraction of sp³-hybridized carbons (Fsp3) is 0.400. The van der Waals surface area contributed by atoms with Crippen molar-refractivity contribution in [2.45, 2.75) is 25.9 Å². The summed E-state index contributed by atoms with van der Waals surface area (Å²) in [5, 5.41) is 20.0. The van der Waals surface area contributed by atoms with Crippen LogP contribution in [0.3, 0.4) is 0 Å². The van der Waals surface area contributed by atoms with E-state index in [1.807, 2.05) is 13.0 Å². The van der Waals surface area contributed by atoms with E-state index in [9.17, 15) is 0 Å². The first kappa shape index (κ1) is 10.3. The maximum atomic E-state index is 8.51. The molecule has 1 aromatic rings. The highest BCUT2D eigenvalue weighted by atomic mass is 16.3. The molecule has 1 rings (SSSR count). The van der Waals surface area contributed by atoms with E-state index in [1.165, 1.54) is 0 Å². The van der Waals surface area contributed by atoms with Gasteiger partial charge in [-0.1, -0.05) is 0 Å². The summed E-state index contributed by atoms with van der Waals surface area (Å²) < 4.78 is 5.15. The van der Waals surface area contributed by atoms with E-state index in [-0.39, 0.29) is 6.04 Å². The summed E-state index contributed by atoms with van der Waals surface area (Å²) in [6.45, 7) is 2.47. The lowest BCUT2D eigenvalue weighted by molar-refractivity contribution is 0.450. The highest BCUT2D eigenvalue weighted by Crippen LogP contribution is 2.06. The van der Waals surface area contributed by atoms with Crippen LogP contribution in [0.5, 0.6) is 0 Å². The average molecular weight is 189 g/mol. The van der Waals surface area contributed by atoms with Crippen LogP contribution < -0.4 is 5.32 Å². The van der Waals surface area contributed by atoms with Gasteiger partial charge in [0.1, 0.15) is 11.8 Å². The third-order valence-corrected chi connectivity index (χ3v) is 1.79. The van der Waals surface area contributed by atoms with Gasteiger partial charge in [-0.3, -0.25) is 0 Å². The standard InChI is InChI=1S/C10H11N3O/c1-8(4-5-11)13-7-10-3-2-9(6-12)14-10/h2-3,8,13H,4,7H2,1H3. The Morgan fingerprint density at radius 2 is 2.29 bits per heavy atom. The van der Waals surface area contributed by atoms with Gasteiger partial charge >= 0.3 is 0 Å². The summed E-state index contributed by atoms with van der Waals surface area (Å²) in [5.74, 6) is 1.03. The zero-order chi connectivity index (χ0) is 10.4. The molecule has 0 amide bonds. The Bertz CT molecular complexity index is 369. The number of furan rings is 1. The van der Waals surface area contributed by atoms with Gasteiger partial charge in [-0.05, 0) is 19.1 Å². The summed E-state index contributed by atoms with van der Waals surface area (Å²) in [6.07, 6.45) is 0.464. The van der Waals surface area contributed by atoms with Gasteiger partial charge in [0.2, 0.25) is 5.76 Å². The molecule has 0 fully saturated rings. The average Bonchev–Trinajstić information content (AvgIpc) is 2.63. The minimum atomic E-state index is 0.135. The molecule has 0 aliphatic rings. The van der Waals surface area contributed by atoms with Crippen LogP contribution in [0.4, 0.5) is 0 Å². The second-order valence-electron chi connectivity index (χ2n) is 3.02. The van der Waals surface area contributed by atoms with E-state index in [4.69, 9.17) is 14.9 Å². The summed E-state index contributed by atoms with van der Waals surface area (Å²) in [4.78, 5) is 0. The molecule has 0 aliphatic carbocycles. The molecule has 0 aromatic carbocycles. The van der Waals surface area contributed by atoms with Crippen molar-refractivity contribution in [3.8, 4) is 12.1 Å². The minimum absolute atomic E-state index is 0.135. The molecule has 72 valence electrons. The van der Waals surface area contributed by atoms with Gasteiger partial charge in [0.05, 0.1) is 19.0 Å². The zero-order valence-electron chi connectivity index (χ0n) is 7.95. The molecule has 4 heteroatoms. The monoisotopic (exact) mass is 189 g/mol. The number of hydrogen-bond donors (Lipinski definition) is 1. The molecule has 0 saturated carbocycles.